The summed E-state index contributed by atoms with van der Waals surface area (Å²) < 4.78 is 38.4. The third kappa shape index (κ3) is 53.5. The van der Waals surface area contributed by atoms with Gasteiger partial charge in [-0.25, -0.2) is 4.85 Å². The summed E-state index contributed by atoms with van der Waals surface area (Å²) in [6.07, 6.45) is 10.2. The Hall–Kier alpha value is -7.96. The number of nitrogens with one attached hydrogen (secondary N) is 4. The molecule has 2 fully saturated rings. The van der Waals surface area contributed by atoms with E-state index in [4.69, 9.17) is 99.1 Å². The van der Waals surface area contributed by atoms with Crippen molar-refractivity contribution in [2.45, 2.75) is 301 Å². The van der Waals surface area contributed by atoms with Gasteiger partial charge in [0.2, 0.25) is 5.91 Å². The molecule has 25 heteroatoms. The van der Waals surface area contributed by atoms with E-state index in [0.29, 0.717) is 98.9 Å². The second-order valence-corrected chi connectivity index (χ2v) is 45.5. The first-order valence-electron chi connectivity index (χ1n) is 52.0. The minimum atomic E-state index is -4.29. The van der Waals surface area contributed by atoms with E-state index >= 15 is 0 Å². The number of likely N-dealkylation sites (N-methyl/N-ethyl adjacent to an activating group) is 1. The highest BCUT2D eigenvalue weighted by Gasteiger charge is 2.32. The van der Waals surface area contributed by atoms with Gasteiger partial charge < -0.3 is 49.1 Å². The number of alkyl halides is 3. The second-order valence-electron chi connectivity index (χ2n) is 41.7. The highest BCUT2D eigenvalue weighted by Crippen LogP contribution is 2.32. The van der Waals surface area contributed by atoms with E-state index in [0.717, 1.165) is 130 Å². The molecule has 0 spiro atoms. The van der Waals surface area contributed by atoms with Gasteiger partial charge in [0.1, 0.15) is 5.78 Å². The van der Waals surface area contributed by atoms with Crippen LogP contribution in [0.3, 0.4) is 0 Å². The van der Waals surface area contributed by atoms with Gasteiger partial charge in [-0.15, -0.1) is 0 Å². The SMILES string of the molecule is C=C(C(C)C)[C@@H](Cc1ccc(Cl)cc1)NC.C=C(C(C)C)[C@H](N)Cc1ccc(C(F)(F)F)cc1.C=C(C(C)C)[C@H](N)Cc1ccc(Cl)c(Cl)c1.C=C(C(C)C)[C@H](N)Cc1ccc(I)cc1.CC(=O)N1CCC(N[C@H](Cc2ccc(Cl)cc2)C(=O)C(C)C)CC1.CC(C)C(=O)[C@@H](Cc1ccc(Cl)cc1)NC1CCCCC1.CC(C)CC(=O)CN[C@H](Cc1ccc(Cl)cc1)C(=O)C(C)C.[C-]#[N+]c1ccc(C[C@@H](N)C(=C)C(C)C)cc1. The molecule has 8 atom stereocenters. The highest BCUT2D eigenvalue weighted by molar-refractivity contribution is 14.1. The lowest BCUT2D eigenvalue weighted by molar-refractivity contribution is -0.137. The van der Waals surface area contributed by atoms with Crippen LogP contribution < -0.4 is 44.2 Å². The summed E-state index contributed by atoms with van der Waals surface area (Å²) in [6, 6.07) is 58.1. The predicted octanol–water partition coefficient (Wildman–Crippen LogP) is 29.4. The van der Waals surface area contributed by atoms with Crippen molar-refractivity contribution in [2.75, 3.05) is 26.7 Å². The number of piperidine rings is 1. The molecule has 1 saturated carbocycles. The number of carbonyl (C=O) groups excluding carboxylic acids is 5. The molecule has 1 amide bonds. The number of amides is 1. The highest BCUT2D eigenvalue weighted by atomic mass is 127. The summed E-state index contributed by atoms with van der Waals surface area (Å²) in [5.41, 5.74) is 38.5. The van der Waals surface area contributed by atoms with Crippen LogP contribution in [0.25, 0.3) is 4.85 Å². The molecular weight excluding hydrogens is 2090 g/mol. The van der Waals surface area contributed by atoms with Crippen LogP contribution in [0.1, 0.15) is 233 Å². The lowest BCUT2D eigenvalue weighted by Gasteiger charge is -2.34. The van der Waals surface area contributed by atoms with Crippen LogP contribution >= 0.6 is 92.2 Å². The number of benzene rings is 8. The summed E-state index contributed by atoms with van der Waals surface area (Å²) in [5, 5.41) is 17.7. The van der Waals surface area contributed by atoms with Crippen molar-refractivity contribution < 1.29 is 37.1 Å². The molecule has 8 aromatic carbocycles. The first-order valence-corrected chi connectivity index (χ1v) is 55.3. The molecule has 8 aromatic rings. The number of likely N-dealkylation sites (tertiary alicyclic amines) is 1. The number of nitrogens with zero attached hydrogens (tertiary/aromatic N) is 2. The Morgan fingerprint density at radius 3 is 0.986 bits per heavy atom. The van der Waals surface area contributed by atoms with Crippen LogP contribution in [0.2, 0.25) is 30.1 Å². The standard InChI is InChI=1S/C19H27ClN2O2.C18H26ClNO2.C18H26ClNO.C14H20ClN.C14H18F3N.C14H18N2.C13H17Cl2N.C13H18IN/c1-13(2)19(24)18(12-15-4-6-16(20)7-5-15)21-17-8-10-22(11-9-17)14(3)23;1-12(2)9-16(21)11-20-17(18(22)13(3)4)10-14-5-7-15(19)8-6-14;1-13(2)18(21)17(20-16-6-4-3-5-7-16)12-14-8-10-15(19)11-9-14;1-10(2)11(3)14(16-4)9-12-5-7-13(15)8-6-12;1-9(2)10(3)13(18)8-11-4-6-12(7-5-11)14(15,16)17;1-10(2)11(3)14(15)9-12-5-7-13(16-4)8-6-12;1-8(2)9(3)13(16)7-10-4-5-11(14)12(15)6-10;1-9(2)10(3)13(15)8-11-4-6-12(14)7-5-11/h4-7,13,17-18,21H,8-12H2,1-3H3;5-8,12-13,17,20H,9-11H2,1-4H3;8-11,13,16-17,20H,3-7,12H2,1-2H3;5-8,10,14,16H,3,9H2,1-2,4H3;4-7,9,13H,3,8,18H2,1-2H3;5-8,10,14H,3,9,15H2,1-2H3;4-6,8,13H,3,7,16H2,1-2H3;4-7,9,13H,3,8,15H2,1-2H3/t18-;2*17-;14-;13-;14-;2*13-/m11111111/s1. The number of ketones is 4. The first kappa shape index (κ1) is 134. The average Bonchev–Trinajstić information content (AvgIpc) is 0.851. The summed E-state index contributed by atoms with van der Waals surface area (Å²) in [7, 11) is 1.98. The van der Waals surface area contributed by atoms with Gasteiger partial charge in [0, 0.05) is 110 Å². The van der Waals surface area contributed by atoms with E-state index in [-0.39, 0.29) is 102 Å². The zero-order chi connectivity index (χ0) is 112. The molecule has 1 aliphatic carbocycles. The van der Waals surface area contributed by atoms with E-state index in [1.165, 1.54) is 70.1 Å². The molecule has 1 heterocycles. The molecule has 1 aliphatic heterocycles. The van der Waals surface area contributed by atoms with E-state index in [1.54, 1.807) is 13.0 Å². The van der Waals surface area contributed by atoms with Gasteiger partial charge in [-0.1, -0.05) is 377 Å². The molecular formula is C123H170Cl6F3IN10O5. The maximum Gasteiger partial charge on any atom is 0.416 e. The molecule has 15 nitrogen and oxygen atoms in total. The van der Waals surface area contributed by atoms with E-state index in [9.17, 15) is 37.1 Å². The normalized spacial score (nSPS) is 14.3. The Morgan fingerprint density at radius 2 is 0.682 bits per heavy atom. The van der Waals surface area contributed by atoms with Gasteiger partial charge in [-0.2, -0.15) is 13.2 Å². The summed E-state index contributed by atoms with van der Waals surface area (Å²) >= 11 is 37.7. The number of nitrogens with two attached hydrogens (primary N) is 4. The van der Waals surface area contributed by atoms with Gasteiger partial charge in [0.05, 0.1) is 46.9 Å². The van der Waals surface area contributed by atoms with Crippen LogP contribution in [-0.2, 0) is 81.5 Å². The fraction of sp³-hybridized carbons (Fsp3) is 0.480. The molecule has 0 radical (unpaired) electrons. The van der Waals surface area contributed by atoms with Crippen LogP contribution in [0.4, 0.5) is 18.9 Å². The molecule has 0 aromatic heterocycles. The van der Waals surface area contributed by atoms with Gasteiger partial charge >= 0.3 is 6.18 Å². The van der Waals surface area contributed by atoms with Crippen molar-refractivity contribution in [1.29, 1.82) is 0 Å². The van der Waals surface area contributed by atoms with Gasteiger partial charge in [0.25, 0.3) is 0 Å². The van der Waals surface area contributed by atoms with Crippen molar-refractivity contribution in [3.63, 3.8) is 0 Å². The van der Waals surface area contributed by atoms with Gasteiger partial charge in [0.15, 0.2) is 23.0 Å². The van der Waals surface area contributed by atoms with Crippen LogP contribution in [0.15, 0.2) is 249 Å². The summed E-state index contributed by atoms with van der Waals surface area (Å²) in [6.45, 7) is 67.0. The molecule has 812 valence electrons. The Balaban J connectivity index is 0.000000437. The molecule has 12 N–H and O–H groups in total. The van der Waals surface area contributed by atoms with Crippen molar-refractivity contribution in [3.8, 4) is 0 Å². The molecule has 0 bridgehead atoms. The number of hydrogen-bond donors (Lipinski definition) is 8. The summed E-state index contributed by atoms with van der Waals surface area (Å²) in [4.78, 5) is 66.0. The molecule has 148 heavy (non-hydrogen) atoms. The zero-order valence-corrected chi connectivity index (χ0v) is 98.1. The topological polar surface area (TPSA) is 245 Å². The predicted molar refractivity (Wildman–Crippen MR) is 632 cm³/mol. The third-order valence-electron chi connectivity index (χ3n) is 26.2. The lowest BCUT2D eigenvalue weighted by Crippen LogP contribution is -2.51. The minimum absolute atomic E-state index is 0.00112. The molecule has 0 unspecified atom stereocenters. The third-order valence-corrected chi connectivity index (χ3v) is 28.7. The smallest absolute Gasteiger partial charge is 0.343 e. The molecule has 1 saturated heterocycles. The maximum absolute atomic E-state index is 12.6. The number of halogens is 10. The van der Waals surface area contributed by atoms with Crippen molar-refractivity contribution in [2.24, 2.45) is 76.2 Å². The number of carbonyl (C=O) groups is 5. The quantitative estimate of drug-likeness (QED) is 0.0101. The first-order chi connectivity index (χ1) is 69.4. The minimum Gasteiger partial charge on any atom is -0.343 e. The number of hydrogen-bond acceptors (Lipinski definition) is 13. The molecule has 2 aliphatic rings. The van der Waals surface area contributed by atoms with E-state index in [1.807, 2.05) is 203 Å². The number of rotatable bonds is 42. The van der Waals surface area contributed by atoms with E-state index < -0.39 is 11.7 Å². The number of Topliss-reactive ketones (excluding diaryl/α,β-unsaturated/α-hetero) is 4. The Labute approximate surface area is 930 Å². The maximum atomic E-state index is 12.6. The Bertz CT molecular complexity index is 5370. The van der Waals surface area contributed by atoms with Crippen LogP contribution in [0, 0.1) is 63.4 Å². The Kier molecular flexibility index (Phi) is 63.8. The Morgan fingerprint density at radius 1 is 0.392 bits per heavy atom. The van der Waals surface area contributed by atoms with Gasteiger partial charge in [-0.3, -0.25) is 24.0 Å². The van der Waals surface area contributed by atoms with Gasteiger partial charge in [-0.05, 0) is 272 Å². The van der Waals surface area contributed by atoms with Crippen molar-refractivity contribution in [3.05, 3.63) is 344 Å². The largest absolute Gasteiger partial charge is 0.416 e. The fourth-order valence-electron chi connectivity index (χ4n) is 16.2. The average molecular weight is 2270 g/mol. The van der Waals surface area contributed by atoms with Crippen LogP contribution in [0.5, 0.6) is 0 Å². The summed E-state index contributed by atoms with van der Waals surface area (Å²) in [5.74, 6) is 3.34. The van der Waals surface area contributed by atoms with Crippen LogP contribution in [-0.4, -0.2) is 121 Å². The van der Waals surface area contributed by atoms with E-state index in [2.05, 4.69) is 173 Å². The monoisotopic (exact) mass is 2260 g/mol. The van der Waals surface area contributed by atoms with Crippen molar-refractivity contribution >= 4 is 127 Å². The van der Waals surface area contributed by atoms with Crippen molar-refractivity contribution in [1.82, 2.24) is 26.2 Å². The fourth-order valence-corrected chi connectivity index (χ4v) is 17.4. The second kappa shape index (κ2) is 70.4. The molecule has 10 rings (SSSR count). The lowest BCUT2D eigenvalue weighted by atomic mass is 9.91. The zero-order valence-electron chi connectivity index (χ0n) is 91.4.